The summed E-state index contributed by atoms with van der Waals surface area (Å²) in [5.41, 5.74) is 1.52. The Balaban J connectivity index is 1.25. The zero-order chi connectivity index (χ0) is 22.2. The lowest BCUT2D eigenvalue weighted by Gasteiger charge is -2.07. The van der Waals surface area contributed by atoms with E-state index in [9.17, 15) is 9.18 Å². The number of nitrogens with zero attached hydrogens (tertiary/aromatic N) is 2. The molecule has 32 heavy (non-hydrogen) atoms. The third kappa shape index (κ3) is 6.29. The Labute approximate surface area is 188 Å². The van der Waals surface area contributed by atoms with E-state index < -0.39 is 0 Å². The fourth-order valence-electron chi connectivity index (χ4n) is 2.70. The molecule has 1 aromatic heterocycles. The number of nitrogens with one attached hydrogen (secondary N) is 2. The summed E-state index contributed by atoms with van der Waals surface area (Å²) in [4.78, 5) is 16.5. The number of rotatable bonds is 8. The second-order valence-electron chi connectivity index (χ2n) is 6.66. The maximum atomic E-state index is 12.9. The van der Waals surface area contributed by atoms with Crippen LogP contribution in [-0.2, 0) is 4.79 Å². The van der Waals surface area contributed by atoms with Gasteiger partial charge < -0.3 is 10.1 Å². The third-order valence-electron chi connectivity index (χ3n) is 4.24. The maximum absolute atomic E-state index is 12.9. The van der Waals surface area contributed by atoms with Crippen molar-refractivity contribution in [2.75, 3.05) is 11.1 Å². The van der Waals surface area contributed by atoms with Gasteiger partial charge in [0.1, 0.15) is 23.1 Å². The number of hydrogen-bond donors (Lipinski definition) is 2. The lowest BCUT2D eigenvalue weighted by Crippen LogP contribution is -2.14. The van der Waals surface area contributed by atoms with Gasteiger partial charge in [-0.3, -0.25) is 9.89 Å². The number of anilines is 1. The van der Waals surface area contributed by atoms with Gasteiger partial charge in [-0.1, -0.05) is 48.2 Å². The molecule has 4 aromatic rings. The molecule has 1 amide bonds. The van der Waals surface area contributed by atoms with Gasteiger partial charge in [-0.25, -0.2) is 9.37 Å². The molecular weight excluding hydrogens is 427 g/mol. The molecule has 0 aliphatic carbocycles. The fourth-order valence-corrected chi connectivity index (χ4v) is 3.31. The number of benzene rings is 3. The topological polar surface area (TPSA) is 79.9 Å². The van der Waals surface area contributed by atoms with E-state index >= 15 is 0 Å². The summed E-state index contributed by atoms with van der Waals surface area (Å²) < 4.78 is 18.7. The van der Waals surface area contributed by atoms with E-state index in [1.54, 1.807) is 48.6 Å². The molecule has 0 radical (unpaired) electrons. The molecule has 0 atom stereocenters. The monoisotopic (exact) mass is 446 g/mol. The number of ether oxygens (including phenoxy) is 1. The molecule has 0 spiro atoms. The minimum atomic E-state index is -0.282. The molecule has 6 nitrogen and oxygen atoms in total. The number of hydrogen-bond acceptors (Lipinski definition) is 5. The molecule has 0 fully saturated rings. The largest absolute Gasteiger partial charge is 0.457 e. The Hall–Kier alpha value is -3.91. The van der Waals surface area contributed by atoms with Crippen LogP contribution in [0.3, 0.4) is 0 Å². The normalized spacial score (nSPS) is 10.9. The van der Waals surface area contributed by atoms with E-state index in [-0.39, 0.29) is 17.5 Å². The quantitative estimate of drug-likeness (QED) is 0.343. The number of carbonyl (C=O) groups excluding carboxylic acids is 1. The second-order valence-corrected chi connectivity index (χ2v) is 7.61. The highest BCUT2D eigenvalue weighted by molar-refractivity contribution is 7.99. The van der Waals surface area contributed by atoms with Gasteiger partial charge in [-0.2, -0.15) is 0 Å². The Morgan fingerprint density at radius 2 is 1.69 bits per heavy atom. The number of H-pyrrole nitrogens is 1. The van der Waals surface area contributed by atoms with Crippen molar-refractivity contribution in [3.63, 3.8) is 0 Å². The molecule has 0 unspecified atom stereocenters. The first kappa shape index (κ1) is 21.3. The zero-order valence-electron chi connectivity index (χ0n) is 16.9. The number of aromatic nitrogens is 3. The Morgan fingerprint density at radius 1 is 0.969 bits per heavy atom. The number of aromatic amines is 1. The van der Waals surface area contributed by atoms with E-state index in [4.69, 9.17) is 4.74 Å². The van der Waals surface area contributed by atoms with Gasteiger partial charge in [-0.15, -0.1) is 5.10 Å². The third-order valence-corrected chi connectivity index (χ3v) is 5.08. The van der Waals surface area contributed by atoms with Crippen molar-refractivity contribution in [1.29, 1.82) is 0 Å². The van der Waals surface area contributed by atoms with E-state index in [2.05, 4.69) is 20.5 Å². The van der Waals surface area contributed by atoms with Gasteiger partial charge in [-0.05, 0) is 60.2 Å². The molecule has 160 valence electrons. The predicted molar refractivity (Wildman–Crippen MR) is 124 cm³/mol. The van der Waals surface area contributed by atoms with Gasteiger partial charge in [0.15, 0.2) is 0 Å². The van der Waals surface area contributed by atoms with Crippen LogP contribution in [-0.4, -0.2) is 26.8 Å². The molecule has 0 aliphatic heterocycles. The van der Waals surface area contributed by atoms with Crippen molar-refractivity contribution in [2.45, 2.75) is 5.16 Å². The lowest BCUT2D eigenvalue weighted by atomic mass is 10.2. The number of halogens is 1. The van der Waals surface area contributed by atoms with Crippen LogP contribution in [0.15, 0.2) is 84.0 Å². The van der Waals surface area contributed by atoms with Crippen LogP contribution in [0.4, 0.5) is 10.1 Å². The average molecular weight is 447 g/mol. The first-order valence-electron chi connectivity index (χ1n) is 9.76. The van der Waals surface area contributed by atoms with E-state index in [0.717, 1.165) is 11.3 Å². The molecule has 0 saturated heterocycles. The van der Waals surface area contributed by atoms with E-state index in [1.807, 2.05) is 30.3 Å². The van der Waals surface area contributed by atoms with Gasteiger partial charge in [0.25, 0.3) is 0 Å². The van der Waals surface area contributed by atoms with Gasteiger partial charge >= 0.3 is 0 Å². The van der Waals surface area contributed by atoms with Crippen LogP contribution >= 0.6 is 11.8 Å². The summed E-state index contributed by atoms with van der Waals surface area (Å²) >= 11 is 1.22. The van der Waals surface area contributed by atoms with Crippen molar-refractivity contribution in [3.05, 3.63) is 96.1 Å². The standard InChI is InChI=1S/C24H19FN4O2S/c25-18-9-6-17(7-10-18)8-15-22-27-24(29-28-22)32-16-23(30)26-19-11-13-21(14-12-19)31-20-4-2-1-3-5-20/h1-15H,16H2,(H,26,30)(H,27,28,29)/b15-8+. The molecule has 3 aromatic carbocycles. The molecule has 2 N–H and O–H groups in total. The molecule has 4 rings (SSSR count). The summed E-state index contributed by atoms with van der Waals surface area (Å²) in [7, 11) is 0. The SMILES string of the molecule is O=C(CSc1n[nH]c(/C=C/c2ccc(F)cc2)n1)Nc1ccc(Oc2ccccc2)cc1. The van der Waals surface area contributed by atoms with Crippen molar-refractivity contribution >= 4 is 35.5 Å². The van der Waals surface area contributed by atoms with Crippen molar-refractivity contribution in [3.8, 4) is 11.5 Å². The van der Waals surface area contributed by atoms with Crippen LogP contribution in [0.1, 0.15) is 11.4 Å². The molecular formula is C24H19FN4O2S. The van der Waals surface area contributed by atoms with Gasteiger partial charge in [0.05, 0.1) is 5.75 Å². The first-order valence-corrected chi connectivity index (χ1v) is 10.7. The summed E-state index contributed by atoms with van der Waals surface area (Å²) in [5, 5.41) is 10.2. The average Bonchev–Trinajstić information content (AvgIpc) is 3.27. The molecule has 0 saturated carbocycles. The Kier molecular flexibility index (Phi) is 6.94. The first-order chi connectivity index (χ1) is 15.6. The second kappa shape index (κ2) is 10.4. The minimum Gasteiger partial charge on any atom is -0.457 e. The molecule has 0 bridgehead atoms. The van der Waals surface area contributed by atoms with Crippen LogP contribution < -0.4 is 10.1 Å². The highest BCUT2D eigenvalue weighted by atomic mass is 32.2. The number of thioether (sulfide) groups is 1. The number of amides is 1. The predicted octanol–water partition coefficient (Wildman–Crippen LogP) is 5.64. The van der Waals surface area contributed by atoms with E-state index in [0.29, 0.717) is 22.4 Å². The Bertz CT molecular complexity index is 1190. The fraction of sp³-hybridized carbons (Fsp3) is 0.0417. The van der Waals surface area contributed by atoms with Gasteiger partial charge in [0, 0.05) is 5.69 Å². The van der Waals surface area contributed by atoms with Crippen LogP contribution in [0.5, 0.6) is 11.5 Å². The zero-order valence-corrected chi connectivity index (χ0v) is 17.7. The number of para-hydroxylation sites is 1. The van der Waals surface area contributed by atoms with Crippen molar-refractivity contribution < 1.29 is 13.9 Å². The lowest BCUT2D eigenvalue weighted by molar-refractivity contribution is -0.113. The summed E-state index contributed by atoms with van der Waals surface area (Å²) in [6, 6.07) is 22.8. The number of carbonyl (C=O) groups is 1. The van der Waals surface area contributed by atoms with E-state index in [1.165, 1.54) is 23.9 Å². The molecule has 8 heteroatoms. The minimum absolute atomic E-state index is 0.167. The van der Waals surface area contributed by atoms with Crippen LogP contribution in [0, 0.1) is 5.82 Å². The summed E-state index contributed by atoms with van der Waals surface area (Å²) in [6.45, 7) is 0. The molecule has 0 aliphatic rings. The van der Waals surface area contributed by atoms with Gasteiger partial charge in [0.2, 0.25) is 11.1 Å². The molecule has 1 heterocycles. The van der Waals surface area contributed by atoms with Crippen molar-refractivity contribution in [1.82, 2.24) is 15.2 Å². The Morgan fingerprint density at radius 3 is 2.44 bits per heavy atom. The van der Waals surface area contributed by atoms with Crippen LogP contribution in [0.2, 0.25) is 0 Å². The highest BCUT2D eigenvalue weighted by Crippen LogP contribution is 2.23. The summed E-state index contributed by atoms with van der Waals surface area (Å²) in [6.07, 6.45) is 3.54. The highest BCUT2D eigenvalue weighted by Gasteiger charge is 2.08. The summed E-state index contributed by atoms with van der Waals surface area (Å²) in [5.74, 6) is 1.70. The van der Waals surface area contributed by atoms with Crippen molar-refractivity contribution in [2.24, 2.45) is 0 Å². The van der Waals surface area contributed by atoms with Crippen LogP contribution in [0.25, 0.3) is 12.2 Å². The maximum Gasteiger partial charge on any atom is 0.234 e. The smallest absolute Gasteiger partial charge is 0.234 e.